The molecule has 1 aromatic carbocycles. The van der Waals surface area contributed by atoms with Crippen LogP contribution in [0.1, 0.15) is 24.3 Å². The summed E-state index contributed by atoms with van der Waals surface area (Å²) in [6.07, 6.45) is 1.66. The Morgan fingerprint density at radius 3 is 2.64 bits per heavy atom. The molecule has 6 nitrogen and oxygen atoms in total. The lowest BCUT2D eigenvalue weighted by molar-refractivity contribution is 0.339. The number of furan rings is 1. The van der Waals surface area contributed by atoms with E-state index in [1.54, 1.807) is 20.5 Å². The van der Waals surface area contributed by atoms with Gasteiger partial charge in [-0.25, -0.2) is 4.98 Å². The Bertz CT molecular complexity index is 957. The molecule has 0 radical (unpaired) electrons. The second-order valence-electron chi connectivity index (χ2n) is 6.28. The van der Waals surface area contributed by atoms with E-state index in [1.165, 1.54) is 0 Å². The molecule has 2 heterocycles. The molecule has 1 atom stereocenters. The second kappa shape index (κ2) is 8.99. The number of aromatic nitrogens is 1. The highest BCUT2D eigenvalue weighted by Gasteiger charge is 2.15. The molecule has 0 bridgehead atoms. The van der Waals surface area contributed by atoms with Crippen molar-refractivity contribution in [1.82, 2.24) is 10.3 Å². The average Bonchev–Trinajstić information content (AvgIpc) is 3.23. The van der Waals surface area contributed by atoms with Crippen LogP contribution in [-0.4, -0.2) is 25.8 Å². The Balaban J connectivity index is 1.94. The van der Waals surface area contributed by atoms with Crippen LogP contribution < -0.4 is 19.5 Å². The molecule has 28 heavy (non-hydrogen) atoms. The molecule has 7 heteroatoms. The minimum Gasteiger partial charge on any atom is -0.493 e. The quantitative estimate of drug-likeness (QED) is 0.553. The highest BCUT2D eigenvalue weighted by atomic mass is 35.5. The van der Waals surface area contributed by atoms with E-state index in [-0.39, 0.29) is 12.6 Å². The zero-order valence-electron chi connectivity index (χ0n) is 16.1. The summed E-state index contributed by atoms with van der Waals surface area (Å²) in [5.41, 5.74) is 1.62. The Morgan fingerprint density at radius 2 is 2.00 bits per heavy atom. The van der Waals surface area contributed by atoms with Gasteiger partial charge >= 0.3 is 0 Å². The van der Waals surface area contributed by atoms with Crippen molar-refractivity contribution in [3.63, 3.8) is 0 Å². The van der Waals surface area contributed by atoms with Crippen molar-refractivity contribution in [2.24, 2.45) is 0 Å². The number of ether oxygens (including phenoxy) is 3. The van der Waals surface area contributed by atoms with Crippen LogP contribution in [0.5, 0.6) is 17.4 Å². The third-order valence-corrected chi connectivity index (χ3v) is 4.40. The summed E-state index contributed by atoms with van der Waals surface area (Å²) in [6, 6.07) is 9.56. The summed E-state index contributed by atoms with van der Waals surface area (Å²) in [6.45, 7) is 6.40. The lowest BCUT2D eigenvalue weighted by Gasteiger charge is -2.16. The van der Waals surface area contributed by atoms with E-state index in [9.17, 15) is 0 Å². The molecule has 1 N–H and O–H groups in total. The number of nitrogens with zero attached hydrogens (tertiary/aromatic N) is 1. The van der Waals surface area contributed by atoms with Crippen LogP contribution in [0.2, 0.25) is 0 Å². The van der Waals surface area contributed by atoms with Crippen molar-refractivity contribution in [3.05, 3.63) is 59.5 Å². The molecule has 3 rings (SSSR count). The first-order valence-electron chi connectivity index (χ1n) is 8.80. The van der Waals surface area contributed by atoms with Gasteiger partial charge in [-0.05, 0) is 31.2 Å². The normalized spacial score (nSPS) is 12.0. The van der Waals surface area contributed by atoms with Crippen LogP contribution in [0.4, 0.5) is 0 Å². The summed E-state index contributed by atoms with van der Waals surface area (Å²) >= 11 is 5.87. The van der Waals surface area contributed by atoms with Crippen LogP contribution in [0.15, 0.2) is 52.6 Å². The molecule has 0 fully saturated rings. The molecule has 0 aliphatic heterocycles. The molecule has 0 spiro atoms. The maximum Gasteiger partial charge on any atom is 0.218 e. The Labute approximate surface area is 169 Å². The summed E-state index contributed by atoms with van der Waals surface area (Å²) in [5, 5.41) is 4.73. The van der Waals surface area contributed by atoms with E-state index < -0.39 is 0 Å². The fourth-order valence-corrected chi connectivity index (χ4v) is 2.88. The summed E-state index contributed by atoms with van der Waals surface area (Å²) in [7, 11) is 3.20. The van der Waals surface area contributed by atoms with Crippen LogP contribution in [0, 0.1) is 0 Å². The van der Waals surface area contributed by atoms with E-state index in [0.717, 1.165) is 22.2 Å². The third kappa shape index (κ3) is 4.58. The summed E-state index contributed by atoms with van der Waals surface area (Å²) in [4.78, 5) is 4.65. The molecule has 0 aliphatic rings. The first-order chi connectivity index (χ1) is 13.5. The number of rotatable bonds is 9. The number of nitrogens with one attached hydrogen (secondary N) is 1. The van der Waals surface area contributed by atoms with Crippen molar-refractivity contribution < 1.29 is 18.6 Å². The van der Waals surface area contributed by atoms with Crippen molar-refractivity contribution >= 4 is 22.5 Å². The maximum absolute atomic E-state index is 5.87. The highest BCUT2D eigenvalue weighted by molar-refractivity contribution is 6.29. The van der Waals surface area contributed by atoms with Crippen molar-refractivity contribution in [2.75, 3.05) is 20.8 Å². The number of benzene rings is 1. The van der Waals surface area contributed by atoms with Gasteiger partial charge in [-0.2, -0.15) is 0 Å². The van der Waals surface area contributed by atoms with Crippen molar-refractivity contribution in [1.29, 1.82) is 0 Å². The number of methoxy groups -OCH3 is 2. The zero-order chi connectivity index (χ0) is 20.1. The van der Waals surface area contributed by atoms with Crippen molar-refractivity contribution in [2.45, 2.75) is 19.5 Å². The SMILES string of the molecule is C=C(Cl)COc1nc2cc(OC)c(OC)cc2cc1CNC(C)c1ccco1. The molecule has 1 unspecified atom stereocenters. The van der Waals surface area contributed by atoms with Crippen LogP contribution in [-0.2, 0) is 6.54 Å². The predicted molar refractivity (Wildman–Crippen MR) is 109 cm³/mol. The first-order valence-corrected chi connectivity index (χ1v) is 9.18. The van der Waals surface area contributed by atoms with Gasteiger partial charge in [0.25, 0.3) is 0 Å². The first kappa shape index (κ1) is 20.0. The summed E-state index contributed by atoms with van der Waals surface area (Å²) < 4.78 is 22.0. The van der Waals surface area contributed by atoms with E-state index >= 15 is 0 Å². The number of fused-ring (bicyclic) bond motifs is 1. The molecular weight excluding hydrogens is 380 g/mol. The van der Waals surface area contributed by atoms with Crippen LogP contribution in [0.25, 0.3) is 10.9 Å². The minimum atomic E-state index is 0.0342. The Morgan fingerprint density at radius 1 is 1.25 bits per heavy atom. The van der Waals surface area contributed by atoms with Gasteiger partial charge in [0.15, 0.2) is 11.5 Å². The third-order valence-electron chi connectivity index (χ3n) is 4.29. The maximum atomic E-state index is 5.87. The predicted octanol–water partition coefficient (Wildman–Crippen LogP) is 4.83. The van der Waals surface area contributed by atoms with E-state index in [4.69, 9.17) is 30.2 Å². The van der Waals surface area contributed by atoms with Gasteiger partial charge in [0.1, 0.15) is 12.4 Å². The average molecular weight is 403 g/mol. The standard InChI is InChI=1S/C21H23ClN2O4/c1-13(22)12-28-21-16(11-23-14(2)18-6-5-7-27-18)8-15-9-19(25-3)20(26-4)10-17(15)24-21/h5-10,14,23H,1,11-12H2,2-4H3. The lowest BCUT2D eigenvalue weighted by Crippen LogP contribution is -2.18. The van der Waals surface area contributed by atoms with Gasteiger partial charge in [0.2, 0.25) is 5.88 Å². The van der Waals surface area contributed by atoms with E-state index in [1.807, 2.05) is 37.3 Å². The van der Waals surface area contributed by atoms with Gasteiger partial charge in [-0.3, -0.25) is 0 Å². The summed E-state index contributed by atoms with van der Waals surface area (Å²) in [5.74, 6) is 2.59. The second-order valence-corrected chi connectivity index (χ2v) is 6.81. The fraction of sp³-hybridized carbons (Fsp3) is 0.286. The molecule has 0 saturated carbocycles. The molecule has 0 amide bonds. The highest BCUT2D eigenvalue weighted by Crippen LogP contribution is 2.33. The van der Waals surface area contributed by atoms with E-state index in [0.29, 0.717) is 29.0 Å². The van der Waals surface area contributed by atoms with E-state index in [2.05, 4.69) is 16.9 Å². The van der Waals surface area contributed by atoms with Gasteiger partial charge in [0.05, 0.1) is 32.0 Å². The van der Waals surface area contributed by atoms with Gasteiger partial charge in [-0.1, -0.05) is 18.2 Å². The van der Waals surface area contributed by atoms with Crippen molar-refractivity contribution in [3.8, 4) is 17.4 Å². The topological polar surface area (TPSA) is 65.8 Å². The number of hydrogen-bond donors (Lipinski definition) is 1. The minimum absolute atomic E-state index is 0.0342. The molecule has 148 valence electrons. The van der Waals surface area contributed by atoms with Crippen LogP contribution in [0.3, 0.4) is 0 Å². The molecular formula is C21H23ClN2O4. The monoisotopic (exact) mass is 402 g/mol. The number of halogens is 1. The van der Waals surface area contributed by atoms with Gasteiger partial charge in [-0.15, -0.1) is 0 Å². The molecule has 2 aromatic heterocycles. The molecule has 0 aliphatic carbocycles. The Kier molecular flexibility index (Phi) is 6.44. The smallest absolute Gasteiger partial charge is 0.218 e. The molecule has 0 saturated heterocycles. The lowest BCUT2D eigenvalue weighted by atomic mass is 10.1. The molecule has 3 aromatic rings. The zero-order valence-corrected chi connectivity index (χ0v) is 16.9. The van der Waals surface area contributed by atoms with Gasteiger partial charge in [0, 0.05) is 28.6 Å². The largest absolute Gasteiger partial charge is 0.493 e. The van der Waals surface area contributed by atoms with Crippen LogP contribution >= 0.6 is 11.6 Å². The van der Waals surface area contributed by atoms with Gasteiger partial charge < -0.3 is 23.9 Å². The number of hydrogen-bond acceptors (Lipinski definition) is 6. The Hall–Kier alpha value is -2.70. The fourth-order valence-electron chi connectivity index (χ4n) is 2.83. The number of pyridine rings is 1.